The summed E-state index contributed by atoms with van der Waals surface area (Å²) in [5, 5.41) is 0. The predicted molar refractivity (Wildman–Crippen MR) is 73.5 cm³/mol. The minimum atomic E-state index is -2.63. The molecule has 0 N–H and O–H groups in total. The van der Waals surface area contributed by atoms with Gasteiger partial charge in [0.05, 0.1) is 14.5 Å². The number of halogens is 2. The van der Waals surface area contributed by atoms with Gasteiger partial charge in [0, 0.05) is 20.0 Å². The minimum absolute atomic E-state index is 0.0160. The van der Waals surface area contributed by atoms with Gasteiger partial charge in [-0.2, -0.15) is 0 Å². The fourth-order valence-corrected chi connectivity index (χ4v) is 2.48. The van der Waals surface area contributed by atoms with E-state index in [1.807, 2.05) is 6.92 Å². The molecule has 2 radical (unpaired) electrons. The van der Waals surface area contributed by atoms with Crippen molar-refractivity contribution < 1.29 is 13.5 Å². The zero-order valence-electron chi connectivity index (χ0n) is 12.3. The molecule has 0 saturated heterocycles. The lowest BCUT2D eigenvalue weighted by molar-refractivity contribution is -0.0657. The monoisotopic (exact) mass is 260 g/mol. The van der Waals surface area contributed by atoms with Gasteiger partial charge in [0.2, 0.25) is 5.92 Å². The first-order valence-corrected chi connectivity index (χ1v) is 6.91. The van der Waals surface area contributed by atoms with Gasteiger partial charge >= 0.3 is 0 Å². The van der Waals surface area contributed by atoms with Crippen LogP contribution in [0.5, 0.6) is 0 Å². The maximum absolute atomic E-state index is 13.6. The SMILES string of the molecule is [B]C(CCCC)CC(C)(COC)CC(F)(F)CC. The van der Waals surface area contributed by atoms with Gasteiger partial charge in [0.1, 0.15) is 0 Å². The summed E-state index contributed by atoms with van der Waals surface area (Å²) < 4.78 is 32.3. The van der Waals surface area contributed by atoms with Crippen LogP contribution in [0.1, 0.15) is 59.3 Å². The van der Waals surface area contributed by atoms with Crippen LogP contribution in [0.4, 0.5) is 8.78 Å². The Kier molecular flexibility index (Phi) is 8.08. The molecule has 0 rings (SSSR count). The molecule has 0 bridgehead atoms. The van der Waals surface area contributed by atoms with E-state index >= 15 is 0 Å². The summed E-state index contributed by atoms with van der Waals surface area (Å²) in [6.45, 7) is 5.81. The first kappa shape index (κ1) is 17.9. The van der Waals surface area contributed by atoms with Crippen LogP contribution in [0, 0.1) is 5.41 Å². The molecule has 0 fully saturated rings. The van der Waals surface area contributed by atoms with Gasteiger partial charge in [-0.25, -0.2) is 8.78 Å². The third kappa shape index (κ3) is 7.35. The Morgan fingerprint density at radius 1 is 1.28 bits per heavy atom. The number of rotatable bonds is 10. The Balaban J connectivity index is 4.50. The van der Waals surface area contributed by atoms with Crippen LogP contribution in [0.15, 0.2) is 0 Å². The second-order valence-electron chi connectivity index (χ2n) is 5.74. The van der Waals surface area contributed by atoms with E-state index in [0.717, 1.165) is 19.3 Å². The number of hydrogen-bond acceptors (Lipinski definition) is 1. The number of unbranched alkanes of at least 4 members (excludes halogenated alkanes) is 1. The first-order chi connectivity index (χ1) is 8.28. The average Bonchev–Trinajstić information content (AvgIpc) is 2.25. The van der Waals surface area contributed by atoms with Crippen molar-refractivity contribution in [2.45, 2.75) is 71.0 Å². The molecular weight excluding hydrogens is 233 g/mol. The lowest BCUT2D eigenvalue weighted by Gasteiger charge is -2.34. The average molecular weight is 260 g/mol. The Morgan fingerprint density at radius 3 is 2.33 bits per heavy atom. The molecule has 0 aliphatic rings. The van der Waals surface area contributed by atoms with Crippen molar-refractivity contribution >= 4 is 7.85 Å². The Bertz CT molecular complexity index is 224. The highest BCUT2D eigenvalue weighted by Crippen LogP contribution is 2.40. The highest BCUT2D eigenvalue weighted by molar-refractivity contribution is 6.11. The van der Waals surface area contributed by atoms with E-state index in [4.69, 9.17) is 12.6 Å². The van der Waals surface area contributed by atoms with Crippen molar-refractivity contribution in [3.05, 3.63) is 0 Å². The molecule has 0 spiro atoms. The third-order valence-electron chi connectivity index (χ3n) is 3.38. The van der Waals surface area contributed by atoms with Crippen LogP contribution < -0.4 is 0 Å². The van der Waals surface area contributed by atoms with Crippen molar-refractivity contribution in [1.82, 2.24) is 0 Å². The van der Waals surface area contributed by atoms with E-state index < -0.39 is 11.3 Å². The maximum atomic E-state index is 13.6. The van der Waals surface area contributed by atoms with Crippen LogP contribution in [0.3, 0.4) is 0 Å². The number of ether oxygens (including phenoxy) is 1. The van der Waals surface area contributed by atoms with E-state index in [-0.39, 0.29) is 18.7 Å². The molecule has 0 saturated carbocycles. The van der Waals surface area contributed by atoms with Crippen LogP contribution in [-0.2, 0) is 4.74 Å². The molecule has 4 heteroatoms. The van der Waals surface area contributed by atoms with Crippen molar-refractivity contribution in [2.24, 2.45) is 5.41 Å². The molecule has 2 atom stereocenters. The highest BCUT2D eigenvalue weighted by Gasteiger charge is 2.38. The van der Waals surface area contributed by atoms with Gasteiger partial charge in [-0.15, -0.1) is 0 Å². The summed E-state index contributed by atoms with van der Waals surface area (Å²) in [6, 6.07) is 0. The van der Waals surface area contributed by atoms with Crippen molar-refractivity contribution in [1.29, 1.82) is 0 Å². The lowest BCUT2D eigenvalue weighted by atomic mass is 9.69. The molecule has 1 nitrogen and oxygen atoms in total. The van der Waals surface area contributed by atoms with Crippen LogP contribution in [-0.4, -0.2) is 27.5 Å². The summed E-state index contributed by atoms with van der Waals surface area (Å²) in [6.07, 6.45) is 3.35. The fraction of sp³-hybridized carbons (Fsp3) is 1.00. The molecular formula is C14H27BF2O. The second kappa shape index (κ2) is 8.14. The molecule has 0 aliphatic carbocycles. The topological polar surface area (TPSA) is 9.23 Å². The molecule has 0 aromatic carbocycles. The molecule has 106 valence electrons. The van der Waals surface area contributed by atoms with E-state index in [2.05, 4.69) is 6.92 Å². The molecule has 2 unspecified atom stereocenters. The van der Waals surface area contributed by atoms with Crippen molar-refractivity contribution in [3.8, 4) is 0 Å². The largest absolute Gasteiger partial charge is 0.384 e. The minimum Gasteiger partial charge on any atom is -0.384 e. The van der Waals surface area contributed by atoms with Gasteiger partial charge in [0.25, 0.3) is 0 Å². The Morgan fingerprint density at radius 2 is 1.89 bits per heavy atom. The summed E-state index contributed by atoms with van der Waals surface area (Å²) in [5.41, 5.74) is -0.540. The zero-order valence-corrected chi connectivity index (χ0v) is 12.3. The lowest BCUT2D eigenvalue weighted by Crippen LogP contribution is -2.32. The van der Waals surface area contributed by atoms with E-state index in [0.29, 0.717) is 13.0 Å². The van der Waals surface area contributed by atoms with Gasteiger partial charge < -0.3 is 4.74 Å². The van der Waals surface area contributed by atoms with Crippen LogP contribution >= 0.6 is 0 Å². The number of hydrogen-bond donors (Lipinski definition) is 0. The molecule has 0 heterocycles. The van der Waals surface area contributed by atoms with Crippen molar-refractivity contribution in [2.75, 3.05) is 13.7 Å². The van der Waals surface area contributed by atoms with Gasteiger partial charge in [0.15, 0.2) is 0 Å². The Labute approximate surface area is 112 Å². The summed E-state index contributed by atoms with van der Waals surface area (Å²) in [4.78, 5) is 0. The van der Waals surface area contributed by atoms with Gasteiger partial charge in [-0.1, -0.05) is 52.3 Å². The zero-order chi connectivity index (χ0) is 14.2. The summed E-state index contributed by atoms with van der Waals surface area (Å²) in [5.74, 6) is -2.64. The van der Waals surface area contributed by atoms with Crippen LogP contribution in [0.2, 0.25) is 5.82 Å². The highest BCUT2D eigenvalue weighted by atomic mass is 19.3. The van der Waals surface area contributed by atoms with Gasteiger partial charge in [-0.3, -0.25) is 0 Å². The normalized spacial score (nSPS) is 17.4. The first-order valence-electron chi connectivity index (χ1n) is 6.91. The summed E-state index contributed by atoms with van der Waals surface area (Å²) in [7, 11) is 7.59. The van der Waals surface area contributed by atoms with Crippen LogP contribution in [0.25, 0.3) is 0 Å². The Hall–Kier alpha value is -0.115. The third-order valence-corrected chi connectivity index (χ3v) is 3.38. The molecule has 0 aromatic rings. The quantitative estimate of drug-likeness (QED) is 0.521. The van der Waals surface area contributed by atoms with E-state index in [1.165, 1.54) is 6.92 Å². The molecule has 18 heavy (non-hydrogen) atoms. The van der Waals surface area contributed by atoms with E-state index in [1.54, 1.807) is 7.11 Å². The molecule has 0 amide bonds. The smallest absolute Gasteiger partial charge is 0.248 e. The predicted octanol–water partition coefficient (Wildman–Crippen LogP) is 4.61. The van der Waals surface area contributed by atoms with E-state index in [9.17, 15) is 8.78 Å². The summed E-state index contributed by atoms with van der Waals surface area (Å²) >= 11 is 0. The number of alkyl halides is 2. The molecule has 0 aromatic heterocycles. The van der Waals surface area contributed by atoms with Crippen molar-refractivity contribution in [3.63, 3.8) is 0 Å². The standard InChI is InChI=1S/C14H27BF2O/c1-5-7-8-12(15)9-13(3,11-18-4)10-14(16,17)6-2/h12H,5-11H2,1-4H3. The number of methoxy groups -OCH3 is 1. The second-order valence-corrected chi connectivity index (χ2v) is 5.74. The molecule has 0 aliphatic heterocycles. The fourth-order valence-electron chi connectivity index (χ4n) is 2.48. The maximum Gasteiger partial charge on any atom is 0.248 e. The van der Waals surface area contributed by atoms with Gasteiger partial charge in [-0.05, 0) is 5.41 Å².